The second-order valence-corrected chi connectivity index (χ2v) is 5.28. The maximum absolute atomic E-state index is 11.9. The minimum absolute atomic E-state index is 0.0230. The van der Waals surface area contributed by atoms with Crippen LogP contribution in [0.4, 0.5) is 0 Å². The quantitative estimate of drug-likeness (QED) is 0.841. The summed E-state index contributed by atoms with van der Waals surface area (Å²) in [5, 5.41) is 3.66. The summed E-state index contributed by atoms with van der Waals surface area (Å²) in [5.41, 5.74) is 0.523. The first-order valence-electron chi connectivity index (χ1n) is 5.45. The van der Waals surface area contributed by atoms with Crippen LogP contribution in [0.25, 0.3) is 0 Å². The molecule has 0 aromatic heterocycles. The third-order valence-corrected chi connectivity index (χ3v) is 2.56. The predicted octanol–water partition coefficient (Wildman–Crippen LogP) is 2.92. The SMILES string of the molecule is COc1cc(C(=O)CNC(C)(C)C)ccc1Cl. The van der Waals surface area contributed by atoms with Crippen molar-refractivity contribution >= 4 is 17.4 Å². The molecule has 3 nitrogen and oxygen atoms in total. The Morgan fingerprint density at radius 3 is 2.59 bits per heavy atom. The highest BCUT2D eigenvalue weighted by Gasteiger charge is 2.13. The van der Waals surface area contributed by atoms with Crippen molar-refractivity contribution in [1.82, 2.24) is 5.32 Å². The van der Waals surface area contributed by atoms with Crippen LogP contribution in [0.5, 0.6) is 5.75 Å². The van der Waals surface area contributed by atoms with Gasteiger partial charge in [0.25, 0.3) is 0 Å². The van der Waals surface area contributed by atoms with Crippen LogP contribution in [0.15, 0.2) is 18.2 Å². The first kappa shape index (κ1) is 14.0. The molecule has 17 heavy (non-hydrogen) atoms. The molecule has 0 saturated heterocycles. The van der Waals surface area contributed by atoms with Gasteiger partial charge in [-0.1, -0.05) is 11.6 Å². The summed E-state index contributed by atoms with van der Waals surface area (Å²) in [6.07, 6.45) is 0. The molecule has 0 heterocycles. The van der Waals surface area contributed by atoms with Crippen LogP contribution >= 0.6 is 11.6 Å². The van der Waals surface area contributed by atoms with Crippen molar-refractivity contribution in [1.29, 1.82) is 0 Å². The third kappa shape index (κ3) is 4.36. The van der Waals surface area contributed by atoms with Crippen LogP contribution in [0.3, 0.4) is 0 Å². The monoisotopic (exact) mass is 255 g/mol. The number of ketones is 1. The van der Waals surface area contributed by atoms with Crippen LogP contribution in [-0.4, -0.2) is 25.0 Å². The number of methoxy groups -OCH3 is 1. The molecule has 1 rings (SSSR count). The average Bonchev–Trinajstić information content (AvgIpc) is 2.25. The van der Waals surface area contributed by atoms with Crippen LogP contribution in [0.1, 0.15) is 31.1 Å². The first-order valence-corrected chi connectivity index (χ1v) is 5.83. The number of benzene rings is 1. The van der Waals surface area contributed by atoms with Crippen molar-refractivity contribution < 1.29 is 9.53 Å². The van der Waals surface area contributed by atoms with Gasteiger partial charge in [0.1, 0.15) is 5.75 Å². The molecule has 1 N–H and O–H groups in total. The highest BCUT2D eigenvalue weighted by Crippen LogP contribution is 2.25. The Morgan fingerprint density at radius 2 is 2.06 bits per heavy atom. The third-order valence-electron chi connectivity index (χ3n) is 2.25. The number of carbonyl (C=O) groups is 1. The van der Waals surface area contributed by atoms with Crippen molar-refractivity contribution in [3.05, 3.63) is 28.8 Å². The zero-order chi connectivity index (χ0) is 13.1. The van der Waals surface area contributed by atoms with Gasteiger partial charge in [0.15, 0.2) is 5.78 Å². The number of hydrogen-bond acceptors (Lipinski definition) is 3. The van der Waals surface area contributed by atoms with Crippen molar-refractivity contribution in [3.8, 4) is 5.75 Å². The molecule has 0 aliphatic heterocycles. The van der Waals surface area contributed by atoms with Gasteiger partial charge >= 0.3 is 0 Å². The average molecular weight is 256 g/mol. The zero-order valence-corrected chi connectivity index (χ0v) is 11.4. The van der Waals surface area contributed by atoms with E-state index in [1.54, 1.807) is 18.2 Å². The van der Waals surface area contributed by atoms with E-state index in [-0.39, 0.29) is 11.3 Å². The molecule has 0 bridgehead atoms. The summed E-state index contributed by atoms with van der Waals surface area (Å²) in [4.78, 5) is 11.9. The lowest BCUT2D eigenvalue weighted by Crippen LogP contribution is -2.39. The second-order valence-electron chi connectivity index (χ2n) is 4.88. The fourth-order valence-electron chi connectivity index (χ4n) is 1.28. The Balaban J connectivity index is 2.76. The molecule has 0 aliphatic rings. The Hall–Kier alpha value is -1.06. The van der Waals surface area contributed by atoms with E-state index < -0.39 is 0 Å². The van der Waals surface area contributed by atoms with E-state index in [0.29, 0.717) is 22.9 Å². The first-order chi connectivity index (χ1) is 7.83. The molecule has 94 valence electrons. The van der Waals surface area contributed by atoms with Crippen LogP contribution in [-0.2, 0) is 0 Å². The molecule has 0 unspecified atom stereocenters. The summed E-state index contributed by atoms with van der Waals surface area (Å²) in [7, 11) is 1.53. The fourth-order valence-corrected chi connectivity index (χ4v) is 1.48. The Morgan fingerprint density at radius 1 is 1.41 bits per heavy atom. The van der Waals surface area contributed by atoms with Crippen LogP contribution < -0.4 is 10.1 Å². The lowest BCUT2D eigenvalue weighted by Gasteiger charge is -2.19. The molecule has 0 aliphatic carbocycles. The van der Waals surface area contributed by atoms with Gasteiger partial charge in [-0.15, -0.1) is 0 Å². The standard InChI is InChI=1S/C13H18ClNO2/c1-13(2,3)15-8-11(16)9-5-6-10(14)12(7-9)17-4/h5-7,15H,8H2,1-4H3. The molecule has 0 amide bonds. The normalized spacial score (nSPS) is 11.4. The topological polar surface area (TPSA) is 38.3 Å². The van der Waals surface area contributed by atoms with E-state index in [0.717, 1.165) is 0 Å². The number of carbonyl (C=O) groups excluding carboxylic acids is 1. The van der Waals surface area contributed by atoms with Crippen molar-refractivity contribution in [2.75, 3.05) is 13.7 Å². The molecule has 0 spiro atoms. The van der Waals surface area contributed by atoms with E-state index in [1.807, 2.05) is 20.8 Å². The Kier molecular flexibility index (Phi) is 4.54. The fraction of sp³-hybridized carbons (Fsp3) is 0.462. The largest absolute Gasteiger partial charge is 0.495 e. The highest BCUT2D eigenvalue weighted by molar-refractivity contribution is 6.32. The molecule has 1 aromatic rings. The maximum atomic E-state index is 11.9. The van der Waals surface area contributed by atoms with Gasteiger partial charge in [0.05, 0.1) is 18.7 Å². The summed E-state index contributed by atoms with van der Waals surface area (Å²) in [6.45, 7) is 6.35. The van der Waals surface area contributed by atoms with E-state index in [9.17, 15) is 4.79 Å². The van der Waals surface area contributed by atoms with Gasteiger partial charge in [-0.25, -0.2) is 0 Å². The number of ether oxygens (including phenoxy) is 1. The summed E-state index contributed by atoms with van der Waals surface area (Å²) in [5.74, 6) is 0.545. The Labute approximate surface area is 107 Å². The van der Waals surface area contributed by atoms with Gasteiger partial charge in [-0.2, -0.15) is 0 Å². The molecular weight excluding hydrogens is 238 g/mol. The van der Waals surface area contributed by atoms with E-state index >= 15 is 0 Å². The summed E-state index contributed by atoms with van der Waals surface area (Å²) in [6, 6.07) is 5.04. The summed E-state index contributed by atoms with van der Waals surface area (Å²) < 4.78 is 5.08. The smallest absolute Gasteiger partial charge is 0.176 e. The molecule has 0 fully saturated rings. The van der Waals surface area contributed by atoms with Gasteiger partial charge in [-0.05, 0) is 39.0 Å². The molecule has 4 heteroatoms. The minimum atomic E-state index is -0.0772. The molecular formula is C13H18ClNO2. The minimum Gasteiger partial charge on any atom is -0.495 e. The maximum Gasteiger partial charge on any atom is 0.176 e. The predicted molar refractivity (Wildman–Crippen MR) is 70.1 cm³/mol. The summed E-state index contributed by atoms with van der Waals surface area (Å²) >= 11 is 5.90. The van der Waals surface area contributed by atoms with E-state index in [4.69, 9.17) is 16.3 Å². The number of rotatable bonds is 4. The van der Waals surface area contributed by atoms with E-state index in [1.165, 1.54) is 7.11 Å². The molecule has 0 radical (unpaired) electrons. The van der Waals surface area contributed by atoms with Crippen LogP contribution in [0.2, 0.25) is 5.02 Å². The van der Waals surface area contributed by atoms with Crippen molar-refractivity contribution in [2.24, 2.45) is 0 Å². The molecule has 1 aromatic carbocycles. The zero-order valence-electron chi connectivity index (χ0n) is 10.6. The second kappa shape index (κ2) is 5.52. The number of nitrogens with one attached hydrogen (secondary N) is 1. The van der Waals surface area contributed by atoms with Gasteiger partial charge < -0.3 is 10.1 Å². The van der Waals surface area contributed by atoms with Crippen LogP contribution in [0, 0.1) is 0 Å². The van der Waals surface area contributed by atoms with E-state index in [2.05, 4.69) is 5.32 Å². The molecule has 0 atom stereocenters. The molecule has 0 saturated carbocycles. The number of Topliss-reactive ketones (excluding diaryl/α,β-unsaturated/α-hetero) is 1. The number of halogens is 1. The van der Waals surface area contributed by atoms with Gasteiger partial charge in [0.2, 0.25) is 0 Å². The number of hydrogen-bond donors (Lipinski definition) is 1. The lowest BCUT2D eigenvalue weighted by atomic mass is 10.1. The lowest BCUT2D eigenvalue weighted by molar-refractivity contribution is 0.0981. The van der Waals surface area contributed by atoms with Crippen molar-refractivity contribution in [2.45, 2.75) is 26.3 Å². The Bertz CT molecular complexity index is 410. The van der Waals surface area contributed by atoms with Crippen molar-refractivity contribution in [3.63, 3.8) is 0 Å². The highest BCUT2D eigenvalue weighted by atomic mass is 35.5. The van der Waals surface area contributed by atoms with Gasteiger partial charge in [0, 0.05) is 11.1 Å². The van der Waals surface area contributed by atoms with Gasteiger partial charge in [-0.3, -0.25) is 4.79 Å².